The third kappa shape index (κ3) is 8.86. The number of carbonyl (C=O) groups is 4. The van der Waals surface area contributed by atoms with E-state index in [0.717, 1.165) is 63.1 Å². The van der Waals surface area contributed by atoms with E-state index in [1.54, 1.807) is 18.2 Å². The molecule has 2 aromatic carbocycles. The van der Waals surface area contributed by atoms with Crippen LogP contribution in [-0.2, 0) is 52.8 Å². The summed E-state index contributed by atoms with van der Waals surface area (Å²) in [6.45, 7) is 18.2. The van der Waals surface area contributed by atoms with Gasteiger partial charge >= 0.3 is 5.97 Å². The molecule has 4 aromatic rings. The molecule has 6 bridgehead atoms. The van der Waals surface area contributed by atoms with Gasteiger partial charge in [0.25, 0.3) is 5.91 Å². The summed E-state index contributed by atoms with van der Waals surface area (Å²) in [6, 6.07) is 17.2. The number of nitrogens with zero attached hydrogens (tertiary/aromatic N) is 4. The van der Waals surface area contributed by atoms with Crippen molar-refractivity contribution in [1.82, 2.24) is 30.2 Å². The van der Waals surface area contributed by atoms with Crippen LogP contribution in [0.5, 0.6) is 0 Å². The summed E-state index contributed by atoms with van der Waals surface area (Å²) in [5.41, 5.74) is 10.3. The predicted octanol–water partition coefficient (Wildman–Crippen LogP) is 6.96. The van der Waals surface area contributed by atoms with Gasteiger partial charge in [0.2, 0.25) is 11.8 Å². The molecule has 0 radical (unpaired) electrons. The number of fused-ring (bicyclic) bond motifs is 6. The minimum Gasteiger partial charge on any atom is -0.464 e. The van der Waals surface area contributed by atoms with E-state index in [-0.39, 0.29) is 48.9 Å². The highest BCUT2D eigenvalue weighted by atomic mass is 16.5. The van der Waals surface area contributed by atoms with Gasteiger partial charge in [0.05, 0.1) is 49.2 Å². The van der Waals surface area contributed by atoms with Crippen molar-refractivity contribution >= 4 is 34.6 Å². The number of methoxy groups -OCH3 is 1. The van der Waals surface area contributed by atoms with Gasteiger partial charge in [0.15, 0.2) is 0 Å². The topological polar surface area (TPSA) is 144 Å². The molecule has 4 aliphatic heterocycles. The first-order valence-corrected chi connectivity index (χ1v) is 23.0. The van der Waals surface area contributed by atoms with E-state index >= 15 is 0 Å². The van der Waals surface area contributed by atoms with Crippen molar-refractivity contribution in [2.75, 3.05) is 33.4 Å². The molecule has 5 atom stereocenters. The van der Waals surface area contributed by atoms with E-state index in [4.69, 9.17) is 19.2 Å². The number of esters is 1. The zero-order valence-electron chi connectivity index (χ0n) is 38.4. The summed E-state index contributed by atoms with van der Waals surface area (Å²) in [5, 5.41) is 5.78. The number of hydrogen-bond donors (Lipinski definition) is 2. The molecule has 13 nitrogen and oxygen atoms in total. The normalized spacial score (nSPS) is 23.0. The third-order valence-corrected chi connectivity index (χ3v) is 13.8. The summed E-state index contributed by atoms with van der Waals surface area (Å²) in [6.07, 6.45) is 5.86. The van der Waals surface area contributed by atoms with E-state index in [2.05, 4.69) is 79.1 Å². The Morgan fingerprint density at radius 1 is 1.06 bits per heavy atom. The Bertz CT molecular complexity index is 2430. The second kappa shape index (κ2) is 18.3. The van der Waals surface area contributed by atoms with Crippen LogP contribution in [-0.4, -0.2) is 100 Å². The molecule has 6 heterocycles. The van der Waals surface area contributed by atoms with E-state index in [9.17, 15) is 19.2 Å². The minimum atomic E-state index is -0.942. The second-order valence-corrected chi connectivity index (χ2v) is 19.4. The SMILES string of the molecule is C=CC(=O)N1CC2(CC[C@H](C(C(=O)N[C@H]3Cc4cccc(c4)-c4ccc5c(c4)c(c(-c4cccnc4[C@H](C)OC)n5CC)CC(C)(C)COC(=O)[C@@H]4CCCN(N4)C3=O)C(C)C)O2)C1. The van der Waals surface area contributed by atoms with Crippen LogP contribution in [0.15, 0.2) is 73.4 Å². The van der Waals surface area contributed by atoms with Gasteiger partial charge in [-0.3, -0.25) is 29.2 Å². The molecule has 13 heteroatoms. The van der Waals surface area contributed by atoms with Crippen LogP contribution in [0.2, 0.25) is 0 Å². The molecule has 0 saturated carbocycles. The molecule has 3 saturated heterocycles. The molecule has 64 heavy (non-hydrogen) atoms. The fourth-order valence-corrected chi connectivity index (χ4v) is 10.4. The Balaban J connectivity index is 1.17. The highest BCUT2D eigenvalue weighted by Crippen LogP contribution is 2.44. The van der Waals surface area contributed by atoms with E-state index in [1.807, 2.05) is 39.0 Å². The van der Waals surface area contributed by atoms with Crippen molar-refractivity contribution in [3.8, 4) is 22.4 Å². The summed E-state index contributed by atoms with van der Waals surface area (Å²) in [4.78, 5) is 61.9. The van der Waals surface area contributed by atoms with Crippen LogP contribution in [0.3, 0.4) is 0 Å². The lowest BCUT2D eigenvalue weighted by molar-refractivity contribution is -0.170. The Morgan fingerprint density at radius 3 is 2.58 bits per heavy atom. The molecule has 8 rings (SSSR count). The Labute approximate surface area is 376 Å². The van der Waals surface area contributed by atoms with Crippen LogP contribution >= 0.6 is 0 Å². The highest BCUT2D eigenvalue weighted by molar-refractivity contribution is 5.95. The number of aryl methyl sites for hydroxylation is 1. The molecule has 3 fully saturated rings. The number of likely N-dealkylation sites (tertiary alicyclic amines) is 1. The van der Waals surface area contributed by atoms with Gasteiger partial charge in [-0.1, -0.05) is 64.6 Å². The zero-order valence-corrected chi connectivity index (χ0v) is 38.4. The Hall–Kier alpha value is -5.37. The van der Waals surface area contributed by atoms with Crippen molar-refractivity contribution in [2.45, 2.75) is 117 Å². The van der Waals surface area contributed by atoms with Crippen molar-refractivity contribution in [3.05, 3.63) is 90.3 Å². The monoisotopic (exact) mass is 872 g/mol. The molecule has 2 N–H and O–H groups in total. The summed E-state index contributed by atoms with van der Waals surface area (Å²) in [7, 11) is 1.70. The fourth-order valence-electron chi connectivity index (χ4n) is 10.4. The lowest BCUT2D eigenvalue weighted by Crippen LogP contribution is -2.63. The van der Waals surface area contributed by atoms with Crippen molar-refractivity contribution in [2.24, 2.45) is 17.3 Å². The van der Waals surface area contributed by atoms with Crippen LogP contribution < -0.4 is 10.7 Å². The number of hydrogen-bond acceptors (Lipinski definition) is 9. The van der Waals surface area contributed by atoms with Gasteiger partial charge < -0.3 is 29.0 Å². The third-order valence-electron chi connectivity index (χ3n) is 13.8. The van der Waals surface area contributed by atoms with Crippen LogP contribution in [0.4, 0.5) is 0 Å². The molecule has 340 valence electrons. The maximum atomic E-state index is 14.7. The van der Waals surface area contributed by atoms with E-state index < -0.39 is 35.0 Å². The smallest absolute Gasteiger partial charge is 0.324 e. The number of aromatic nitrogens is 2. The minimum absolute atomic E-state index is 0.0868. The van der Waals surface area contributed by atoms with Gasteiger partial charge in [0.1, 0.15) is 17.7 Å². The quantitative estimate of drug-likeness (QED) is 0.135. The number of carbonyl (C=O) groups excluding carboxylic acids is 4. The van der Waals surface area contributed by atoms with Crippen molar-refractivity contribution in [3.63, 3.8) is 0 Å². The number of benzene rings is 2. The first-order valence-electron chi connectivity index (χ1n) is 23.0. The van der Waals surface area contributed by atoms with E-state index in [0.29, 0.717) is 45.3 Å². The second-order valence-electron chi connectivity index (χ2n) is 19.4. The number of amides is 3. The van der Waals surface area contributed by atoms with Crippen molar-refractivity contribution in [1.29, 1.82) is 0 Å². The molecule has 0 aliphatic carbocycles. The summed E-state index contributed by atoms with van der Waals surface area (Å²) in [5.74, 6) is -1.74. The summed E-state index contributed by atoms with van der Waals surface area (Å²) < 4.78 is 20.9. The van der Waals surface area contributed by atoms with Crippen LogP contribution in [0.25, 0.3) is 33.3 Å². The van der Waals surface area contributed by atoms with E-state index in [1.165, 1.54) is 11.1 Å². The Morgan fingerprint density at radius 2 is 1.84 bits per heavy atom. The maximum Gasteiger partial charge on any atom is 0.324 e. The lowest BCUT2D eigenvalue weighted by Gasteiger charge is -2.47. The highest BCUT2D eigenvalue weighted by Gasteiger charge is 2.53. The zero-order chi connectivity index (χ0) is 45.5. The predicted molar refractivity (Wildman–Crippen MR) is 246 cm³/mol. The van der Waals surface area contributed by atoms with Gasteiger partial charge in [-0.2, -0.15) is 0 Å². The fraction of sp³-hybridized carbons (Fsp3) is 0.510. The Kier molecular flexibility index (Phi) is 12.9. The van der Waals surface area contributed by atoms with Crippen LogP contribution in [0.1, 0.15) is 90.2 Å². The largest absolute Gasteiger partial charge is 0.464 e. The first kappa shape index (κ1) is 45.2. The van der Waals surface area contributed by atoms with Gasteiger partial charge in [-0.05, 0) is 104 Å². The number of nitrogens with one attached hydrogen (secondary N) is 2. The molecule has 2 aromatic heterocycles. The van der Waals surface area contributed by atoms with Gasteiger partial charge in [-0.15, -0.1) is 0 Å². The number of rotatable bonds is 9. The number of pyridine rings is 1. The number of cyclic esters (lactones) is 1. The van der Waals surface area contributed by atoms with Gasteiger partial charge in [-0.25, -0.2) is 5.43 Å². The molecular weight excluding hydrogens is 809 g/mol. The lowest BCUT2D eigenvalue weighted by atomic mass is 9.84. The maximum absolute atomic E-state index is 14.7. The average molecular weight is 873 g/mol. The summed E-state index contributed by atoms with van der Waals surface area (Å²) >= 11 is 0. The van der Waals surface area contributed by atoms with Crippen LogP contribution in [0, 0.1) is 17.3 Å². The molecule has 1 unspecified atom stereocenters. The molecular formula is C51H64N6O7. The molecule has 1 spiro atoms. The first-order chi connectivity index (χ1) is 30.6. The molecule has 3 amide bonds. The number of hydrazine groups is 1. The van der Waals surface area contributed by atoms with Crippen molar-refractivity contribution < 1.29 is 33.4 Å². The average Bonchev–Trinajstić information content (AvgIpc) is 3.85. The molecule has 4 aliphatic rings. The standard InChI is InChI=1S/C51H64N6O7/c1-9-43(58)55-28-51(29-55)21-20-42(64-51)44(31(3)4)47(59)53-40-25-33-14-11-15-34(24-33)35-18-19-41-37(26-35)38(46(56(41)10-2)36-16-12-22-52-45(36)32(5)62-8)27-50(6,7)30-63-49(61)39-17-13-23-57(54-39)48(40)60/h9,11-12,14-16,18-19,22,24,26,31-32,39-40,42,44,54H,1,10,13,17,20-21,23,25,27-30H2,2-8H3,(H,53,59)/t32-,39-,40-,42+,44?/m0/s1. The number of ether oxygens (including phenoxy) is 3. The van der Waals surface area contributed by atoms with Gasteiger partial charge in [0, 0.05) is 54.7 Å².